The number of rotatable bonds is 2. The van der Waals surface area contributed by atoms with Crippen LogP contribution in [0.15, 0.2) is 18.2 Å². The molecule has 0 aliphatic heterocycles. The van der Waals surface area contributed by atoms with Gasteiger partial charge in [-0.25, -0.2) is 4.39 Å². The van der Waals surface area contributed by atoms with Crippen molar-refractivity contribution in [2.24, 2.45) is 5.73 Å². The van der Waals surface area contributed by atoms with Gasteiger partial charge in [0.05, 0.1) is 0 Å². The van der Waals surface area contributed by atoms with Gasteiger partial charge < -0.3 is 5.73 Å². The highest BCUT2D eigenvalue weighted by Crippen LogP contribution is 2.34. The van der Waals surface area contributed by atoms with Crippen LogP contribution in [-0.4, -0.2) is 5.54 Å². The second-order valence-electron chi connectivity index (χ2n) is 4.13. The number of nitrogens with two attached hydrogens (primary N) is 1. The number of halogens is 2. The predicted octanol–water partition coefficient (Wildman–Crippen LogP) is 2.90. The van der Waals surface area contributed by atoms with Gasteiger partial charge in [0, 0.05) is 10.6 Å². The third kappa shape index (κ3) is 1.91. The molecule has 1 fully saturated rings. The van der Waals surface area contributed by atoms with Crippen molar-refractivity contribution in [3.05, 3.63) is 34.6 Å². The third-order valence-corrected chi connectivity index (χ3v) is 3.27. The van der Waals surface area contributed by atoms with Crippen molar-refractivity contribution >= 4 is 11.6 Å². The van der Waals surface area contributed by atoms with Crippen molar-refractivity contribution in [3.63, 3.8) is 0 Å². The van der Waals surface area contributed by atoms with Crippen molar-refractivity contribution in [3.8, 4) is 0 Å². The molecule has 0 heterocycles. The lowest BCUT2D eigenvalue weighted by Crippen LogP contribution is -2.48. The molecule has 0 bridgehead atoms. The third-order valence-electron chi connectivity index (χ3n) is 2.90. The van der Waals surface area contributed by atoms with Crippen LogP contribution in [0.1, 0.15) is 24.8 Å². The zero-order valence-corrected chi connectivity index (χ0v) is 8.65. The fourth-order valence-electron chi connectivity index (χ4n) is 1.87. The van der Waals surface area contributed by atoms with Crippen molar-refractivity contribution in [2.45, 2.75) is 31.2 Å². The maximum atomic E-state index is 12.9. The van der Waals surface area contributed by atoms with Crippen LogP contribution in [0.5, 0.6) is 0 Å². The van der Waals surface area contributed by atoms with Gasteiger partial charge in [-0.05, 0) is 49.4 Å². The van der Waals surface area contributed by atoms with E-state index in [9.17, 15) is 4.39 Å². The summed E-state index contributed by atoms with van der Waals surface area (Å²) in [6.07, 6.45) is 3.88. The highest BCUT2D eigenvalue weighted by Gasteiger charge is 2.33. The van der Waals surface area contributed by atoms with E-state index in [0.29, 0.717) is 11.4 Å². The van der Waals surface area contributed by atoms with Crippen LogP contribution >= 0.6 is 11.6 Å². The van der Waals surface area contributed by atoms with E-state index >= 15 is 0 Å². The molecule has 1 aromatic rings. The first-order valence-corrected chi connectivity index (χ1v) is 5.20. The summed E-state index contributed by atoms with van der Waals surface area (Å²) in [6, 6.07) is 4.44. The summed E-state index contributed by atoms with van der Waals surface area (Å²) in [5.74, 6) is -0.243. The summed E-state index contributed by atoms with van der Waals surface area (Å²) >= 11 is 5.96. The average molecular weight is 214 g/mol. The van der Waals surface area contributed by atoms with Gasteiger partial charge in [0.2, 0.25) is 0 Å². The molecule has 1 aromatic carbocycles. The van der Waals surface area contributed by atoms with Crippen LogP contribution in [0.3, 0.4) is 0 Å². The normalized spacial score (nSPS) is 19.1. The summed E-state index contributed by atoms with van der Waals surface area (Å²) in [5, 5.41) is 0.614. The van der Waals surface area contributed by atoms with Crippen LogP contribution < -0.4 is 5.73 Å². The first-order valence-electron chi connectivity index (χ1n) is 4.82. The van der Waals surface area contributed by atoms with E-state index in [1.165, 1.54) is 18.6 Å². The largest absolute Gasteiger partial charge is 0.325 e. The second kappa shape index (κ2) is 3.52. The van der Waals surface area contributed by atoms with E-state index < -0.39 is 0 Å². The first-order chi connectivity index (χ1) is 6.59. The summed E-state index contributed by atoms with van der Waals surface area (Å²) in [5.41, 5.74) is 6.76. The Kier molecular flexibility index (Phi) is 2.50. The molecule has 1 saturated carbocycles. The molecular formula is C11H13ClFN. The average Bonchev–Trinajstić information content (AvgIpc) is 2.09. The molecule has 0 atom stereocenters. The van der Waals surface area contributed by atoms with Crippen LogP contribution in [-0.2, 0) is 6.42 Å². The highest BCUT2D eigenvalue weighted by molar-refractivity contribution is 6.31. The van der Waals surface area contributed by atoms with Gasteiger partial charge in [-0.3, -0.25) is 0 Å². The zero-order valence-electron chi connectivity index (χ0n) is 7.89. The maximum Gasteiger partial charge on any atom is 0.123 e. The van der Waals surface area contributed by atoms with Crippen molar-refractivity contribution < 1.29 is 4.39 Å². The van der Waals surface area contributed by atoms with Gasteiger partial charge in [-0.15, -0.1) is 0 Å². The number of hydrogen-bond donors (Lipinski definition) is 1. The number of hydrogen-bond acceptors (Lipinski definition) is 1. The van der Waals surface area contributed by atoms with Crippen LogP contribution in [0, 0.1) is 5.82 Å². The van der Waals surface area contributed by atoms with Crippen molar-refractivity contribution in [1.29, 1.82) is 0 Å². The van der Waals surface area contributed by atoms with Gasteiger partial charge >= 0.3 is 0 Å². The molecule has 2 rings (SSSR count). The van der Waals surface area contributed by atoms with Gasteiger partial charge in [-0.2, -0.15) is 0 Å². The Morgan fingerprint density at radius 1 is 1.43 bits per heavy atom. The molecule has 0 radical (unpaired) electrons. The second-order valence-corrected chi connectivity index (χ2v) is 4.54. The Morgan fingerprint density at radius 2 is 2.14 bits per heavy atom. The van der Waals surface area contributed by atoms with E-state index in [1.54, 1.807) is 6.07 Å². The van der Waals surface area contributed by atoms with E-state index in [4.69, 9.17) is 17.3 Å². The van der Waals surface area contributed by atoms with E-state index in [-0.39, 0.29) is 11.4 Å². The minimum absolute atomic E-state index is 0.141. The zero-order chi connectivity index (χ0) is 10.2. The molecule has 0 saturated heterocycles. The SMILES string of the molecule is NC1(Cc2cc(F)ccc2Cl)CCC1. The van der Waals surface area contributed by atoms with Gasteiger partial charge in [0.25, 0.3) is 0 Å². The van der Waals surface area contributed by atoms with Gasteiger partial charge in [-0.1, -0.05) is 11.6 Å². The van der Waals surface area contributed by atoms with Crippen LogP contribution in [0.25, 0.3) is 0 Å². The fourth-order valence-corrected chi connectivity index (χ4v) is 2.05. The van der Waals surface area contributed by atoms with Crippen LogP contribution in [0.4, 0.5) is 4.39 Å². The van der Waals surface area contributed by atoms with E-state index in [1.807, 2.05) is 0 Å². The predicted molar refractivity (Wildman–Crippen MR) is 55.9 cm³/mol. The molecule has 1 aliphatic rings. The Bertz CT molecular complexity index is 347. The summed E-state index contributed by atoms with van der Waals surface area (Å²) in [6.45, 7) is 0. The Morgan fingerprint density at radius 3 is 2.71 bits per heavy atom. The Hall–Kier alpha value is -0.600. The van der Waals surface area contributed by atoms with Gasteiger partial charge in [0.1, 0.15) is 5.82 Å². The molecule has 2 N–H and O–H groups in total. The van der Waals surface area contributed by atoms with E-state index in [0.717, 1.165) is 18.4 Å². The van der Waals surface area contributed by atoms with Gasteiger partial charge in [0.15, 0.2) is 0 Å². The molecule has 0 spiro atoms. The van der Waals surface area contributed by atoms with Crippen LogP contribution in [0.2, 0.25) is 5.02 Å². The lowest BCUT2D eigenvalue weighted by atomic mass is 9.74. The molecular weight excluding hydrogens is 201 g/mol. The van der Waals surface area contributed by atoms with Crippen molar-refractivity contribution in [2.75, 3.05) is 0 Å². The molecule has 3 heteroatoms. The summed E-state index contributed by atoms with van der Waals surface area (Å²) < 4.78 is 12.9. The molecule has 0 amide bonds. The smallest absolute Gasteiger partial charge is 0.123 e. The maximum absolute atomic E-state index is 12.9. The first kappa shape index (κ1) is 9.94. The van der Waals surface area contributed by atoms with Crippen molar-refractivity contribution in [1.82, 2.24) is 0 Å². The topological polar surface area (TPSA) is 26.0 Å². The Labute approximate surface area is 88.1 Å². The number of benzene rings is 1. The molecule has 76 valence electrons. The lowest BCUT2D eigenvalue weighted by Gasteiger charge is -2.38. The highest BCUT2D eigenvalue weighted by atomic mass is 35.5. The summed E-state index contributed by atoms with van der Waals surface area (Å²) in [4.78, 5) is 0. The molecule has 1 nitrogen and oxygen atoms in total. The minimum atomic E-state index is -0.243. The van der Waals surface area contributed by atoms with E-state index in [2.05, 4.69) is 0 Å². The quantitative estimate of drug-likeness (QED) is 0.803. The molecule has 14 heavy (non-hydrogen) atoms. The molecule has 0 unspecified atom stereocenters. The lowest BCUT2D eigenvalue weighted by molar-refractivity contribution is 0.247. The Balaban J connectivity index is 2.19. The molecule has 1 aliphatic carbocycles. The fraction of sp³-hybridized carbons (Fsp3) is 0.455. The summed E-state index contributed by atoms with van der Waals surface area (Å²) in [7, 11) is 0. The standard InChI is InChI=1S/C11H13ClFN/c12-10-3-2-9(13)6-8(10)7-11(14)4-1-5-11/h2-3,6H,1,4-5,7,14H2. The minimum Gasteiger partial charge on any atom is -0.325 e. The molecule has 0 aromatic heterocycles. The monoisotopic (exact) mass is 213 g/mol.